The standard InChI is InChI=1S/C22H28N4O4S/c1-18-8-10-20(11-9-18)31(29,30)26-15-5-14-25(16-17-26)21(27)12-13-23-22(28)24-19-6-3-2-4-7-19/h2-4,6-11H,5,12-17H2,1H3,(H2,23,24,28). The van der Waals surface area contributed by atoms with Crippen LogP contribution in [-0.2, 0) is 14.8 Å². The molecule has 1 saturated heterocycles. The van der Waals surface area contributed by atoms with Crippen molar-refractivity contribution < 1.29 is 18.0 Å². The second-order valence-corrected chi connectivity index (χ2v) is 9.39. The van der Waals surface area contributed by atoms with Crippen LogP contribution in [0.2, 0.25) is 0 Å². The molecule has 1 aliphatic heterocycles. The van der Waals surface area contributed by atoms with Crippen LogP contribution in [0.5, 0.6) is 0 Å². The Morgan fingerprint density at radius 2 is 1.65 bits per heavy atom. The van der Waals surface area contributed by atoms with E-state index >= 15 is 0 Å². The number of anilines is 1. The van der Waals surface area contributed by atoms with E-state index in [1.54, 1.807) is 41.3 Å². The van der Waals surface area contributed by atoms with Crippen LogP contribution in [0.4, 0.5) is 10.5 Å². The van der Waals surface area contributed by atoms with Gasteiger partial charge in [0.1, 0.15) is 0 Å². The van der Waals surface area contributed by atoms with E-state index in [1.807, 2.05) is 25.1 Å². The fourth-order valence-electron chi connectivity index (χ4n) is 3.38. The number of hydrogen-bond donors (Lipinski definition) is 2. The first-order chi connectivity index (χ1) is 14.9. The summed E-state index contributed by atoms with van der Waals surface area (Å²) in [6.07, 6.45) is 0.728. The van der Waals surface area contributed by atoms with Crippen molar-refractivity contribution in [2.75, 3.05) is 38.0 Å². The van der Waals surface area contributed by atoms with Gasteiger partial charge in [-0.05, 0) is 37.6 Å². The van der Waals surface area contributed by atoms with Gasteiger partial charge in [0.2, 0.25) is 15.9 Å². The minimum absolute atomic E-state index is 0.102. The van der Waals surface area contributed by atoms with Gasteiger partial charge in [0, 0.05) is 44.8 Å². The van der Waals surface area contributed by atoms with Crippen LogP contribution in [0.25, 0.3) is 0 Å². The van der Waals surface area contributed by atoms with Gasteiger partial charge < -0.3 is 15.5 Å². The molecule has 3 rings (SSSR count). The average molecular weight is 445 g/mol. The molecular formula is C22H28N4O4S. The van der Waals surface area contributed by atoms with Gasteiger partial charge in [-0.25, -0.2) is 13.2 Å². The van der Waals surface area contributed by atoms with Crippen molar-refractivity contribution in [3.05, 3.63) is 60.2 Å². The van der Waals surface area contributed by atoms with Crippen LogP contribution in [0.15, 0.2) is 59.5 Å². The minimum Gasteiger partial charge on any atom is -0.341 e. The molecule has 166 valence electrons. The quantitative estimate of drug-likeness (QED) is 0.715. The number of amides is 3. The fourth-order valence-corrected chi connectivity index (χ4v) is 4.85. The molecule has 0 atom stereocenters. The second-order valence-electron chi connectivity index (χ2n) is 7.45. The molecule has 3 amide bonds. The molecule has 0 saturated carbocycles. The Morgan fingerprint density at radius 3 is 2.35 bits per heavy atom. The molecule has 1 heterocycles. The van der Waals surface area contributed by atoms with E-state index < -0.39 is 10.0 Å². The maximum Gasteiger partial charge on any atom is 0.319 e. The second kappa shape index (κ2) is 10.4. The van der Waals surface area contributed by atoms with Gasteiger partial charge in [0.15, 0.2) is 0 Å². The van der Waals surface area contributed by atoms with Crippen molar-refractivity contribution >= 4 is 27.6 Å². The van der Waals surface area contributed by atoms with Gasteiger partial charge in [0.05, 0.1) is 4.90 Å². The molecule has 0 radical (unpaired) electrons. The first-order valence-electron chi connectivity index (χ1n) is 10.3. The Kier molecular flexibility index (Phi) is 7.64. The van der Waals surface area contributed by atoms with Crippen molar-refractivity contribution in [1.29, 1.82) is 0 Å². The summed E-state index contributed by atoms with van der Waals surface area (Å²) in [7, 11) is -3.58. The summed E-state index contributed by atoms with van der Waals surface area (Å²) in [6.45, 7) is 3.57. The van der Waals surface area contributed by atoms with Crippen molar-refractivity contribution in [3.8, 4) is 0 Å². The molecule has 0 unspecified atom stereocenters. The maximum absolute atomic E-state index is 12.9. The van der Waals surface area contributed by atoms with Crippen LogP contribution < -0.4 is 10.6 Å². The van der Waals surface area contributed by atoms with Crippen LogP contribution in [0.1, 0.15) is 18.4 Å². The summed E-state index contributed by atoms with van der Waals surface area (Å²) in [5, 5.41) is 5.37. The third-order valence-electron chi connectivity index (χ3n) is 5.12. The third kappa shape index (κ3) is 6.28. The lowest BCUT2D eigenvalue weighted by atomic mass is 10.2. The molecule has 0 aromatic heterocycles. The number of sulfonamides is 1. The summed E-state index contributed by atoms with van der Waals surface area (Å²) < 4.78 is 27.2. The van der Waals surface area contributed by atoms with E-state index in [0.717, 1.165) is 5.56 Å². The number of carbonyl (C=O) groups is 2. The van der Waals surface area contributed by atoms with Crippen LogP contribution in [0, 0.1) is 6.92 Å². The lowest BCUT2D eigenvalue weighted by Crippen LogP contribution is -2.39. The topological polar surface area (TPSA) is 98.8 Å². The number of aryl methyl sites for hydroxylation is 1. The normalized spacial score (nSPS) is 15.2. The number of nitrogens with one attached hydrogen (secondary N) is 2. The van der Waals surface area contributed by atoms with Crippen LogP contribution in [0.3, 0.4) is 0 Å². The number of nitrogens with zero attached hydrogens (tertiary/aromatic N) is 2. The number of rotatable bonds is 6. The molecule has 0 spiro atoms. The van der Waals surface area contributed by atoms with Crippen molar-refractivity contribution in [2.24, 2.45) is 0 Å². The van der Waals surface area contributed by atoms with Gasteiger partial charge in [-0.1, -0.05) is 35.9 Å². The predicted octanol–water partition coefficient (Wildman–Crippen LogP) is 2.43. The molecule has 9 heteroatoms. The molecule has 31 heavy (non-hydrogen) atoms. The number of benzene rings is 2. The Morgan fingerprint density at radius 1 is 0.935 bits per heavy atom. The van der Waals surface area contributed by atoms with Crippen LogP contribution >= 0.6 is 0 Å². The number of urea groups is 1. The fraction of sp³-hybridized carbons (Fsp3) is 0.364. The molecule has 0 aliphatic carbocycles. The summed E-state index contributed by atoms with van der Waals surface area (Å²) in [6, 6.07) is 15.5. The van der Waals surface area contributed by atoms with E-state index in [9.17, 15) is 18.0 Å². The Labute approximate surface area is 183 Å². The van der Waals surface area contributed by atoms with E-state index in [0.29, 0.717) is 31.7 Å². The molecule has 2 N–H and O–H groups in total. The van der Waals surface area contributed by atoms with Crippen molar-refractivity contribution in [1.82, 2.24) is 14.5 Å². The zero-order valence-corrected chi connectivity index (χ0v) is 18.4. The lowest BCUT2D eigenvalue weighted by molar-refractivity contribution is -0.130. The maximum atomic E-state index is 12.9. The smallest absolute Gasteiger partial charge is 0.319 e. The number of carbonyl (C=O) groups excluding carboxylic acids is 2. The average Bonchev–Trinajstić information content (AvgIpc) is 3.02. The van der Waals surface area contributed by atoms with Gasteiger partial charge in [0.25, 0.3) is 0 Å². The highest BCUT2D eigenvalue weighted by Crippen LogP contribution is 2.18. The highest BCUT2D eigenvalue weighted by molar-refractivity contribution is 7.89. The van der Waals surface area contributed by atoms with Gasteiger partial charge in [-0.2, -0.15) is 4.31 Å². The van der Waals surface area contributed by atoms with Crippen molar-refractivity contribution in [2.45, 2.75) is 24.7 Å². The largest absolute Gasteiger partial charge is 0.341 e. The number of hydrogen-bond acceptors (Lipinski definition) is 4. The van der Waals surface area contributed by atoms with E-state index in [-0.39, 0.29) is 36.3 Å². The lowest BCUT2D eigenvalue weighted by Gasteiger charge is -2.22. The first-order valence-corrected chi connectivity index (χ1v) is 11.7. The van der Waals surface area contributed by atoms with E-state index in [2.05, 4.69) is 10.6 Å². The zero-order chi connectivity index (χ0) is 22.3. The summed E-state index contributed by atoms with van der Waals surface area (Å²) in [4.78, 5) is 26.4. The zero-order valence-electron chi connectivity index (χ0n) is 17.6. The predicted molar refractivity (Wildman–Crippen MR) is 119 cm³/mol. The minimum atomic E-state index is -3.58. The first kappa shape index (κ1) is 22.8. The number of para-hydroxylation sites is 1. The van der Waals surface area contributed by atoms with Gasteiger partial charge in [-0.15, -0.1) is 0 Å². The monoisotopic (exact) mass is 444 g/mol. The highest BCUT2D eigenvalue weighted by Gasteiger charge is 2.28. The van der Waals surface area contributed by atoms with Gasteiger partial charge in [-0.3, -0.25) is 4.79 Å². The molecule has 1 fully saturated rings. The van der Waals surface area contributed by atoms with Crippen LogP contribution in [-0.4, -0.2) is 62.3 Å². The Bertz CT molecular complexity index is 994. The molecule has 8 nitrogen and oxygen atoms in total. The third-order valence-corrected chi connectivity index (χ3v) is 7.04. The summed E-state index contributed by atoms with van der Waals surface area (Å²) in [5.41, 5.74) is 1.67. The van der Waals surface area contributed by atoms with E-state index in [1.165, 1.54) is 4.31 Å². The van der Waals surface area contributed by atoms with E-state index in [4.69, 9.17) is 0 Å². The molecule has 1 aliphatic rings. The highest BCUT2D eigenvalue weighted by atomic mass is 32.2. The molecule has 0 bridgehead atoms. The SMILES string of the molecule is Cc1ccc(S(=O)(=O)N2CCCN(C(=O)CCNC(=O)Nc3ccccc3)CC2)cc1. The Hall–Kier alpha value is -2.91. The molecule has 2 aromatic rings. The Balaban J connectivity index is 1.47. The summed E-state index contributed by atoms with van der Waals surface area (Å²) in [5.74, 6) is -0.102. The summed E-state index contributed by atoms with van der Waals surface area (Å²) >= 11 is 0. The van der Waals surface area contributed by atoms with Gasteiger partial charge >= 0.3 is 6.03 Å². The molecular weight excluding hydrogens is 416 g/mol. The molecule has 2 aromatic carbocycles. The van der Waals surface area contributed by atoms with Crippen molar-refractivity contribution in [3.63, 3.8) is 0 Å².